The summed E-state index contributed by atoms with van der Waals surface area (Å²) in [6, 6.07) is 0. The number of phosphoric ester groups is 1. The van der Waals surface area contributed by atoms with Gasteiger partial charge < -0.3 is 13.9 Å². The summed E-state index contributed by atoms with van der Waals surface area (Å²) in [5.41, 5.74) is 0. The Bertz CT molecular complexity index is 509. The first-order valence-corrected chi connectivity index (χ1v) is 7.95. The molecule has 0 atom stereocenters. The molecule has 0 spiro atoms. The van der Waals surface area contributed by atoms with Crippen molar-refractivity contribution in [2.45, 2.75) is 32.2 Å². The lowest BCUT2D eigenvalue weighted by molar-refractivity contribution is -0.671. The number of alkyl halides is 6. The number of imidazole rings is 1. The predicted octanol–water partition coefficient (Wildman–Crippen LogP) is 2.34. The maximum atomic E-state index is 11.4. The van der Waals surface area contributed by atoms with Crippen LogP contribution < -0.4 is 9.46 Å². The van der Waals surface area contributed by atoms with Gasteiger partial charge in [-0.15, -0.1) is 0 Å². The lowest BCUT2D eigenvalue weighted by atomic mass is 10.5. The molecule has 24 heavy (non-hydrogen) atoms. The van der Waals surface area contributed by atoms with Crippen LogP contribution in [0.2, 0.25) is 0 Å². The van der Waals surface area contributed by atoms with E-state index in [4.69, 9.17) is 0 Å². The molecule has 0 radical (unpaired) electrons. The third kappa shape index (κ3) is 13.3. The Morgan fingerprint density at radius 2 is 1.58 bits per heavy atom. The van der Waals surface area contributed by atoms with Crippen molar-refractivity contribution in [2.75, 3.05) is 13.2 Å². The van der Waals surface area contributed by atoms with E-state index in [0.717, 1.165) is 6.54 Å². The average Bonchev–Trinajstić information content (AvgIpc) is 2.80. The van der Waals surface area contributed by atoms with Crippen molar-refractivity contribution in [1.29, 1.82) is 0 Å². The predicted molar refractivity (Wildman–Crippen MR) is 67.5 cm³/mol. The van der Waals surface area contributed by atoms with Crippen molar-refractivity contribution in [1.82, 2.24) is 4.57 Å². The zero-order valence-electron chi connectivity index (χ0n) is 12.8. The molecule has 0 aromatic carbocycles. The monoisotopic (exact) mass is 386 g/mol. The van der Waals surface area contributed by atoms with Gasteiger partial charge in [-0.2, -0.15) is 26.3 Å². The lowest BCUT2D eigenvalue weighted by Crippen LogP contribution is -2.23. The molecule has 0 aliphatic heterocycles. The van der Waals surface area contributed by atoms with Crippen LogP contribution in [0.15, 0.2) is 18.7 Å². The van der Waals surface area contributed by atoms with Crippen molar-refractivity contribution in [3.8, 4) is 0 Å². The van der Waals surface area contributed by atoms with Crippen molar-refractivity contribution < 1.29 is 49.4 Å². The molecule has 142 valence electrons. The van der Waals surface area contributed by atoms with E-state index in [0.29, 0.717) is 0 Å². The largest absolute Gasteiger partial charge is 0.756 e. The van der Waals surface area contributed by atoms with Crippen LogP contribution >= 0.6 is 7.82 Å². The molecule has 0 aliphatic rings. The van der Waals surface area contributed by atoms with Crippen LogP contribution in [0.1, 0.15) is 13.3 Å². The molecule has 6 nitrogen and oxygen atoms in total. The molecule has 1 heterocycles. The van der Waals surface area contributed by atoms with Gasteiger partial charge in [-0.3, -0.25) is 4.57 Å². The van der Waals surface area contributed by atoms with E-state index < -0.39 is 33.4 Å². The topological polar surface area (TPSA) is 67.4 Å². The van der Waals surface area contributed by atoms with Crippen LogP contribution in [0.5, 0.6) is 0 Å². The number of rotatable bonds is 6. The minimum Gasteiger partial charge on any atom is -0.756 e. The Morgan fingerprint density at radius 3 is 1.88 bits per heavy atom. The van der Waals surface area contributed by atoms with Crippen molar-refractivity contribution in [2.24, 2.45) is 7.05 Å². The number of hydrogen-bond acceptors (Lipinski definition) is 4. The highest BCUT2D eigenvalue weighted by Gasteiger charge is 2.33. The van der Waals surface area contributed by atoms with Crippen LogP contribution in [-0.4, -0.2) is 30.1 Å². The van der Waals surface area contributed by atoms with Crippen LogP contribution in [0.3, 0.4) is 0 Å². The summed E-state index contributed by atoms with van der Waals surface area (Å²) in [6.45, 7) is -1.15. The molecule has 0 bridgehead atoms. The Balaban J connectivity index is 0.000000496. The van der Waals surface area contributed by atoms with Gasteiger partial charge in [0, 0.05) is 0 Å². The molecule has 0 unspecified atom stereocenters. The van der Waals surface area contributed by atoms with E-state index in [2.05, 4.69) is 43.8 Å². The summed E-state index contributed by atoms with van der Waals surface area (Å²) in [7, 11) is -3.54. The third-order valence-corrected chi connectivity index (χ3v) is 2.97. The minimum absolute atomic E-state index is 1.13. The Morgan fingerprint density at radius 1 is 1.12 bits per heavy atom. The number of halogens is 6. The van der Waals surface area contributed by atoms with Crippen LogP contribution in [0.4, 0.5) is 26.3 Å². The highest BCUT2D eigenvalue weighted by Crippen LogP contribution is 2.41. The van der Waals surface area contributed by atoms with Gasteiger partial charge in [0.2, 0.25) is 6.33 Å². The maximum absolute atomic E-state index is 11.4. The van der Waals surface area contributed by atoms with Gasteiger partial charge in [-0.25, -0.2) is 9.13 Å². The molecular weight excluding hydrogens is 369 g/mol. The van der Waals surface area contributed by atoms with E-state index in [9.17, 15) is 35.8 Å². The highest BCUT2D eigenvalue weighted by atomic mass is 31.2. The maximum Gasteiger partial charge on any atom is 0.412 e. The smallest absolute Gasteiger partial charge is 0.412 e. The minimum atomic E-state index is -5.58. The fourth-order valence-electron chi connectivity index (χ4n) is 1.23. The molecule has 1 aromatic rings. The quantitative estimate of drug-likeness (QED) is 0.428. The van der Waals surface area contributed by atoms with Gasteiger partial charge in [0.25, 0.3) is 7.82 Å². The first-order valence-electron chi connectivity index (χ1n) is 6.49. The number of nitrogens with zero attached hydrogens (tertiary/aromatic N) is 2. The van der Waals surface area contributed by atoms with Crippen LogP contribution in [0, 0.1) is 0 Å². The summed E-state index contributed by atoms with van der Waals surface area (Å²) < 4.78 is 89.2. The van der Waals surface area contributed by atoms with Gasteiger partial charge in [0.1, 0.15) is 12.4 Å². The molecule has 0 amide bonds. The molecule has 0 fully saturated rings. The van der Waals surface area contributed by atoms with Crippen LogP contribution in [0.25, 0.3) is 0 Å². The SMILES string of the molecule is CCCn1cc[n+](C)c1.O=P([O-])(OCC(F)(F)F)OCC(F)(F)F. The van der Waals surface area contributed by atoms with Gasteiger partial charge in [-0.05, 0) is 6.42 Å². The summed E-state index contributed by atoms with van der Waals surface area (Å²) in [5.74, 6) is 0. The van der Waals surface area contributed by atoms with E-state index in [-0.39, 0.29) is 0 Å². The van der Waals surface area contributed by atoms with Gasteiger partial charge in [0.05, 0.1) is 13.6 Å². The average molecular weight is 386 g/mol. The number of aromatic nitrogens is 2. The molecular formula is C11H17F6N2O4P. The number of aryl methyl sites for hydroxylation is 2. The molecule has 1 rings (SSSR count). The van der Waals surface area contributed by atoms with E-state index in [1.807, 2.05) is 7.05 Å². The summed E-state index contributed by atoms with van der Waals surface area (Å²) in [4.78, 5) is 10.3. The lowest BCUT2D eigenvalue weighted by Gasteiger charge is -2.23. The fraction of sp³-hybridized carbons (Fsp3) is 0.727. The molecule has 1 aromatic heterocycles. The summed E-state index contributed by atoms with van der Waals surface area (Å²) in [5, 5.41) is 0. The highest BCUT2D eigenvalue weighted by molar-refractivity contribution is 7.45. The second-order valence-corrected chi connectivity index (χ2v) is 5.95. The molecule has 0 aliphatic carbocycles. The third-order valence-electron chi connectivity index (χ3n) is 2.08. The first-order chi connectivity index (χ1) is 10.7. The molecule has 0 saturated heterocycles. The van der Waals surface area contributed by atoms with E-state index in [1.54, 1.807) is 0 Å². The van der Waals surface area contributed by atoms with Gasteiger partial charge in [0.15, 0.2) is 13.2 Å². The summed E-state index contributed by atoms with van der Waals surface area (Å²) in [6.07, 6.45) is -2.51. The Hall–Kier alpha value is -1.10. The Labute approximate surface area is 134 Å². The molecule has 13 heteroatoms. The number of hydrogen-bond donors (Lipinski definition) is 0. The van der Waals surface area contributed by atoms with Gasteiger partial charge in [-0.1, -0.05) is 6.92 Å². The second-order valence-electron chi connectivity index (χ2n) is 4.54. The summed E-state index contributed by atoms with van der Waals surface area (Å²) >= 11 is 0. The molecule has 0 saturated carbocycles. The fourth-order valence-corrected chi connectivity index (χ4v) is 1.92. The molecule has 0 N–H and O–H groups in total. The van der Waals surface area contributed by atoms with Gasteiger partial charge >= 0.3 is 12.4 Å². The Kier molecular flexibility index (Phi) is 8.97. The number of phosphoric acid groups is 1. The zero-order chi connectivity index (χ0) is 19.0. The van der Waals surface area contributed by atoms with E-state index >= 15 is 0 Å². The van der Waals surface area contributed by atoms with Crippen molar-refractivity contribution in [3.63, 3.8) is 0 Å². The van der Waals surface area contributed by atoms with Crippen molar-refractivity contribution >= 4 is 7.82 Å². The normalized spacial score (nSPS) is 12.7. The zero-order valence-corrected chi connectivity index (χ0v) is 13.7. The van der Waals surface area contributed by atoms with E-state index in [1.165, 1.54) is 6.42 Å². The first kappa shape index (κ1) is 22.9. The van der Waals surface area contributed by atoms with Crippen LogP contribution in [-0.2, 0) is 27.2 Å². The second kappa shape index (κ2) is 9.40. The van der Waals surface area contributed by atoms with Crippen molar-refractivity contribution in [3.05, 3.63) is 18.7 Å². The standard InChI is InChI=1S/C7H13N2.C4H5F6O4P/c1-3-4-9-6-5-8(2)7-9;5-3(6,7)1-13-15(11,12)14-2-4(8,9)10/h5-7H,3-4H2,1-2H3;1-2H2,(H,11,12)/q+1;/p-1.